The van der Waals surface area contributed by atoms with Crippen LogP contribution in [0.1, 0.15) is 29.6 Å². The number of Topliss-reactive ketones (excluding diaryl/α,β-unsaturated/α-hetero) is 1. The SMILES string of the molecule is COc1ccc(C(=O)CCCCCl)cc1F. The smallest absolute Gasteiger partial charge is 0.165 e. The van der Waals surface area contributed by atoms with E-state index in [1.807, 2.05) is 0 Å². The van der Waals surface area contributed by atoms with E-state index < -0.39 is 5.82 Å². The minimum atomic E-state index is -0.509. The van der Waals surface area contributed by atoms with Crippen molar-refractivity contribution in [1.82, 2.24) is 0 Å². The van der Waals surface area contributed by atoms with Crippen LogP contribution >= 0.6 is 11.6 Å². The lowest BCUT2D eigenvalue weighted by Gasteiger charge is -2.04. The van der Waals surface area contributed by atoms with Crippen molar-refractivity contribution in [2.45, 2.75) is 19.3 Å². The van der Waals surface area contributed by atoms with Gasteiger partial charge in [-0.1, -0.05) is 0 Å². The molecule has 0 fully saturated rings. The molecule has 0 aromatic heterocycles. The first-order valence-corrected chi connectivity index (χ1v) is 5.65. The summed E-state index contributed by atoms with van der Waals surface area (Å²) in [4.78, 5) is 11.6. The Morgan fingerprint density at radius 1 is 1.44 bits per heavy atom. The van der Waals surface area contributed by atoms with Crippen molar-refractivity contribution in [2.24, 2.45) is 0 Å². The van der Waals surface area contributed by atoms with E-state index in [9.17, 15) is 9.18 Å². The molecule has 0 unspecified atom stereocenters. The van der Waals surface area contributed by atoms with Crippen LogP contribution in [0.5, 0.6) is 5.75 Å². The van der Waals surface area contributed by atoms with Gasteiger partial charge < -0.3 is 4.74 Å². The Labute approximate surface area is 99.4 Å². The number of rotatable bonds is 6. The molecule has 0 spiro atoms. The highest BCUT2D eigenvalue weighted by Gasteiger charge is 2.09. The summed E-state index contributed by atoms with van der Waals surface area (Å²) in [5, 5.41) is 0. The molecule has 0 saturated heterocycles. The Hall–Kier alpha value is -1.09. The van der Waals surface area contributed by atoms with E-state index in [2.05, 4.69) is 0 Å². The predicted molar refractivity (Wildman–Crippen MR) is 61.9 cm³/mol. The van der Waals surface area contributed by atoms with Crippen molar-refractivity contribution in [3.8, 4) is 5.75 Å². The van der Waals surface area contributed by atoms with E-state index in [-0.39, 0.29) is 11.5 Å². The summed E-state index contributed by atoms with van der Waals surface area (Å²) < 4.78 is 18.1. The summed E-state index contributed by atoms with van der Waals surface area (Å²) in [7, 11) is 1.39. The number of ketones is 1. The lowest BCUT2D eigenvalue weighted by molar-refractivity contribution is 0.0979. The van der Waals surface area contributed by atoms with Crippen LogP contribution < -0.4 is 4.74 Å². The number of halogens is 2. The van der Waals surface area contributed by atoms with Gasteiger partial charge in [0, 0.05) is 17.9 Å². The molecular formula is C12H14ClFO2. The Bertz CT molecular complexity index is 366. The van der Waals surface area contributed by atoms with Gasteiger partial charge in [-0.2, -0.15) is 0 Å². The summed E-state index contributed by atoms with van der Waals surface area (Å²) >= 11 is 5.51. The number of hydrogen-bond acceptors (Lipinski definition) is 2. The van der Waals surface area contributed by atoms with Crippen molar-refractivity contribution in [3.05, 3.63) is 29.6 Å². The molecule has 0 aliphatic rings. The lowest BCUT2D eigenvalue weighted by Crippen LogP contribution is -2.00. The van der Waals surface area contributed by atoms with Crippen molar-refractivity contribution < 1.29 is 13.9 Å². The first kappa shape index (κ1) is 13.0. The van der Waals surface area contributed by atoms with Gasteiger partial charge in [0.15, 0.2) is 17.3 Å². The number of alkyl halides is 1. The topological polar surface area (TPSA) is 26.3 Å². The highest BCUT2D eigenvalue weighted by Crippen LogP contribution is 2.19. The fraction of sp³-hybridized carbons (Fsp3) is 0.417. The molecule has 2 nitrogen and oxygen atoms in total. The number of hydrogen-bond donors (Lipinski definition) is 0. The second-order valence-electron chi connectivity index (χ2n) is 3.42. The van der Waals surface area contributed by atoms with Gasteiger partial charge in [0.05, 0.1) is 7.11 Å². The van der Waals surface area contributed by atoms with E-state index in [0.717, 1.165) is 12.8 Å². The average molecular weight is 245 g/mol. The molecule has 0 atom stereocenters. The zero-order valence-electron chi connectivity index (χ0n) is 9.13. The Morgan fingerprint density at radius 2 is 2.19 bits per heavy atom. The van der Waals surface area contributed by atoms with Gasteiger partial charge in [0.1, 0.15) is 0 Å². The first-order chi connectivity index (χ1) is 7.69. The van der Waals surface area contributed by atoms with Gasteiger partial charge in [-0.25, -0.2) is 4.39 Å². The van der Waals surface area contributed by atoms with Gasteiger partial charge in [0.25, 0.3) is 0 Å². The van der Waals surface area contributed by atoms with E-state index >= 15 is 0 Å². The molecule has 0 aliphatic carbocycles. The average Bonchev–Trinajstić information content (AvgIpc) is 2.29. The molecule has 0 N–H and O–H groups in total. The second kappa shape index (κ2) is 6.48. The fourth-order valence-electron chi connectivity index (χ4n) is 1.36. The summed E-state index contributed by atoms with van der Waals surface area (Å²) in [6.07, 6.45) is 1.93. The maximum absolute atomic E-state index is 13.3. The normalized spacial score (nSPS) is 10.2. The molecule has 0 aliphatic heterocycles. The molecule has 0 bridgehead atoms. The van der Waals surface area contributed by atoms with Crippen molar-refractivity contribution in [2.75, 3.05) is 13.0 Å². The number of benzene rings is 1. The third kappa shape index (κ3) is 3.49. The Balaban J connectivity index is 2.66. The lowest BCUT2D eigenvalue weighted by atomic mass is 10.1. The van der Waals surface area contributed by atoms with Crippen LogP contribution in [0.15, 0.2) is 18.2 Å². The fourth-order valence-corrected chi connectivity index (χ4v) is 1.55. The molecule has 0 heterocycles. The summed E-state index contributed by atoms with van der Waals surface area (Å²) in [6.45, 7) is 0. The van der Waals surface area contributed by atoms with E-state index in [1.165, 1.54) is 19.2 Å². The van der Waals surface area contributed by atoms with Gasteiger partial charge >= 0.3 is 0 Å². The zero-order valence-corrected chi connectivity index (χ0v) is 9.89. The van der Waals surface area contributed by atoms with E-state index in [4.69, 9.17) is 16.3 Å². The Kier molecular flexibility index (Phi) is 5.26. The van der Waals surface area contributed by atoms with Crippen molar-refractivity contribution in [3.63, 3.8) is 0 Å². The molecule has 88 valence electrons. The Morgan fingerprint density at radius 3 is 2.75 bits per heavy atom. The first-order valence-electron chi connectivity index (χ1n) is 5.11. The van der Waals surface area contributed by atoms with E-state index in [1.54, 1.807) is 6.07 Å². The van der Waals surface area contributed by atoms with Gasteiger partial charge in [-0.15, -0.1) is 11.6 Å². The number of ether oxygens (including phenoxy) is 1. The predicted octanol–water partition coefficient (Wildman–Crippen LogP) is 3.43. The number of unbranched alkanes of at least 4 members (excludes halogenated alkanes) is 1. The monoisotopic (exact) mass is 244 g/mol. The van der Waals surface area contributed by atoms with Crippen LogP contribution in [0.2, 0.25) is 0 Å². The minimum Gasteiger partial charge on any atom is -0.494 e. The van der Waals surface area contributed by atoms with Crippen molar-refractivity contribution >= 4 is 17.4 Å². The minimum absolute atomic E-state index is 0.0633. The van der Waals surface area contributed by atoms with Crippen LogP contribution in [-0.2, 0) is 0 Å². The summed E-state index contributed by atoms with van der Waals surface area (Å²) in [6, 6.07) is 4.25. The van der Waals surface area contributed by atoms with Crippen LogP contribution in [0.25, 0.3) is 0 Å². The molecule has 1 aromatic rings. The van der Waals surface area contributed by atoms with Gasteiger partial charge in [-0.05, 0) is 31.0 Å². The summed E-state index contributed by atoms with van der Waals surface area (Å²) in [5.74, 6) is 0.124. The standard InChI is InChI=1S/C12H14ClFO2/c1-16-12-6-5-9(8-10(12)14)11(15)4-2-3-7-13/h5-6,8H,2-4,7H2,1H3. The third-order valence-electron chi connectivity index (χ3n) is 2.26. The van der Waals surface area contributed by atoms with E-state index in [0.29, 0.717) is 17.9 Å². The van der Waals surface area contributed by atoms with Crippen LogP contribution in [-0.4, -0.2) is 18.8 Å². The van der Waals surface area contributed by atoms with Crippen molar-refractivity contribution in [1.29, 1.82) is 0 Å². The number of methoxy groups -OCH3 is 1. The zero-order chi connectivity index (χ0) is 12.0. The second-order valence-corrected chi connectivity index (χ2v) is 3.80. The van der Waals surface area contributed by atoms with Gasteiger partial charge in [-0.3, -0.25) is 4.79 Å². The molecule has 1 aromatic carbocycles. The van der Waals surface area contributed by atoms with Gasteiger partial charge in [0.2, 0.25) is 0 Å². The molecule has 4 heteroatoms. The largest absolute Gasteiger partial charge is 0.494 e. The maximum Gasteiger partial charge on any atom is 0.165 e. The third-order valence-corrected chi connectivity index (χ3v) is 2.53. The summed E-state index contributed by atoms with van der Waals surface area (Å²) in [5.41, 5.74) is 0.382. The van der Waals surface area contributed by atoms with Crippen LogP contribution in [0, 0.1) is 5.82 Å². The molecular weight excluding hydrogens is 231 g/mol. The van der Waals surface area contributed by atoms with Crippen LogP contribution in [0.3, 0.4) is 0 Å². The highest BCUT2D eigenvalue weighted by molar-refractivity contribution is 6.17. The molecule has 16 heavy (non-hydrogen) atoms. The number of carbonyl (C=O) groups is 1. The molecule has 0 saturated carbocycles. The molecule has 0 amide bonds. The quantitative estimate of drug-likeness (QED) is 0.435. The highest BCUT2D eigenvalue weighted by atomic mass is 35.5. The maximum atomic E-state index is 13.3. The molecule has 0 radical (unpaired) electrons. The van der Waals surface area contributed by atoms with Crippen LogP contribution in [0.4, 0.5) is 4.39 Å². The number of carbonyl (C=O) groups excluding carboxylic acids is 1. The molecule has 1 rings (SSSR count).